The highest BCUT2D eigenvalue weighted by Crippen LogP contribution is 2.27. The van der Waals surface area contributed by atoms with Crippen molar-refractivity contribution >= 4 is 0 Å². The Morgan fingerprint density at radius 2 is 1.92 bits per heavy atom. The molecule has 4 heteroatoms. The maximum Gasteiger partial charge on any atom is 0.412 e. The third-order valence-electron chi connectivity index (χ3n) is 1.46. The van der Waals surface area contributed by atoms with Crippen LogP contribution in [0.2, 0.25) is 0 Å². The standard InChI is InChI=1S/C9H14F3O/c1-3-6-13-7-5-8(4-2)9(10,11)12/h5-6H,3-4,7H2,1-2H3/b8-5-. The van der Waals surface area contributed by atoms with Crippen LogP contribution in [-0.4, -0.2) is 12.8 Å². The summed E-state index contributed by atoms with van der Waals surface area (Å²) in [7, 11) is 0. The van der Waals surface area contributed by atoms with Gasteiger partial charge in [0.1, 0.15) is 0 Å². The Morgan fingerprint density at radius 3 is 2.31 bits per heavy atom. The Kier molecular flexibility index (Phi) is 5.79. The fourth-order valence-electron chi connectivity index (χ4n) is 0.795. The second-order valence-corrected chi connectivity index (χ2v) is 2.49. The van der Waals surface area contributed by atoms with Gasteiger partial charge in [-0.25, -0.2) is 0 Å². The molecule has 1 nitrogen and oxygen atoms in total. The molecule has 0 aromatic rings. The minimum atomic E-state index is -4.22. The Balaban J connectivity index is 3.94. The van der Waals surface area contributed by atoms with Crippen molar-refractivity contribution < 1.29 is 17.9 Å². The third-order valence-corrected chi connectivity index (χ3v) is 1.46. The SMILES string of the molecule is CC[CH]OC/C=C(/CC)C(F)(F)F. The zero-order valence-corrected chi connectivity index (χ0v) is 7.82. The molecule has 0 fully saturated rings. The van der Waals surface area contributed by atoms with Gasteiger partial charge in [0.2, 0.25) is 0 Å². The molecule has 0 aromatic carbocycles. The molecule has 0 bridgehead atoms. The molecule has 0 unspecified atom stereocenters. The van der Waals surface area contributed by atoms with Gasteiger partial charge in [-0.3, -0.25) is 0 Å². The molecule has 0 atom stereocenters. The quantitative estimate of drug-likeness (QED) is 0.482. The second-order valence-electron chi connectivity index (χ2n) is 2.49. The van der Waals surface area contributed by atoms with E-state index in [0.717, 1.165) is 6.08 Å². The molecule has 0 saturated carbocycles. The van der Waals surface area contributed by atoms with Crippen LogP contribution < -0.4 is 0 Å². The first kappa shape index (κ1) is 12.5. The summed E-state index contributed by atoms with van der Waals surface area (Å²) in [4.78, 5) is 0. The molecule has 0 N–H and O–H groups in total. The van der Waals surface area contributed by atoms with Crippen LogP contribution in [0.4, 0.5) is 13.2 Å². The van der Waals surface area contributed by atoms with E-state index in [0.29, 0.717) is 6.42 Å². The van der Waals surface area contributed by atoms with Gasteiger partial charge in [0.15, 0.2) is 0 Å². The van der Waals surface area contributed by atoms with E-state index in [9.17, 15) is 13.2 Å². The van der Waals surface area contributed by atoms with E-state index in [1.54, 1.807) is 0 Å². The van der Waals surface area contributed by atoms with Crippen molar-refractivity contribution in [2.45, 2.75) is 32.9 Å². The largest absolute Gasteiger partial charge is 0.412 e. The molecule has 0 amide bonds. The summed E-state index contributed by atoms with van der Waals surface area (Å²) < 4.78 is 41.1. The number of ether oxygens (including phenoxy) is 1. The van der Waals surface area contributed by atoms with Gasteiger partial charge in [-0.1, -0.05) is 19.9 Å². The highest BCUT2D eigenvalue weighted by atomic mass is 19.4. The number of rotatable bonds is 5. The van der Waals surface area contributed by atoms with Crippen LogP contribution in [-0.2, 0) is 4.74 Å². The molecule has 13 heavy (non-hydrogen) atoms. The van der Waals surface area contributed by atoms with Crippen molar-refractivity contribution in [3.8, 4) is 0 Å². The molecule has 0 spiro atoms. The third kappa shape index (κ3) is 5.69. The van der Waals surface area contributed by atoms with E-state index in [1.807, 2.05) is 6.92 Å². The Hall–Kier alpha value is -0.510. The number of allylic oxidation sites excluding steroid dienone is 1. The smallest absolute Gasteiger partial charge is 0.371 e. The van der Waals surface area contributed by atoms with Crippen LogP contribution in [0, 0.1) is 6.61 Å². The highest BCUT2D eigenvalue weighted by Gasteiger charge is 2.31. The topological polar surface area (TPSA) is 9.23 Å². The molecule has 0 aliphatic rings. The molecule has 0 aliphatic heterocycles. The van der Waals surface area contributed by atoms with Crippen LogP contribution >= 0.6 is 0 Å². The number of hydrogen-bond acceptors (Lipinski definition) is 1. The lowest BCUT2D eigenvalue weighted by Crippen LogP contribution is -2.11. The van der Waals surface area contributed by atoms with E-state index in [1.165, 1.54) is 13.5 Å². The van der Waals surface area contributed by atoms with Crippen LogP contribution in [0.1, 0.15) is 26.7 Å². The van der Waals surface area contributed by atoms with Gasteiger partial charge in [-0.2, -0.15) is 13.2 Å². The first-order valence-electron chi connectivity index (χ1n) is 4.21. The summed E-state index contributed by atoms with van der Waals surface area (Å²) in [6.45, 7) is 4.81. The van der Waals surface area contributed by atoms with Crippen molar-refractivity contribution in [2.75, 3.05) is 6.61 Å². The summed E-state index contributed by atoms with van der Waals surface area (Å²) in [5.74, 6) is 0. The van der Waals surface area contributed by atoms with E-state index < -0.39 is 11.7 Å². The summed E-state index contributed by atoms with van der Waals surface area (Å²) in [6, 6.07) is 0. The normalized spacial score (nSPS) is 13.5. The van der Waals surface area contributed by atoms with E-state index in [4.69, 9.17) is 4.74 Å². The van der Waals surface area contributed by atoms with Crippen LogP contribution in [0.25, 0.3) is 0 Å². The fourth-order valence-corrected chi connectivity index (χ4v) is 0.795. The van der Waals surface area contributed by atoms with E-state index in [-0.39, 0.29) is 13.0 Å². The molecule has 1 radical (unpaired) electrons. The van der Waals surface area contributed by atoms with Gasteiger partial charge in [0.05, 0.1) is 13.2 Å². The molecule has 0 rings (SSSR count). The van der Waals surface area contributed by atoms with Crippen molar-refractivity contribution in [1.29, 1.82) is 0 Å². The maximum atomic E-state index is 12.1. The summed E-state index contributed by atoms with van der Waals surface area (Å²) in [5.41, 5.74) is -0.531. The van der Waals surface area contributed by atoms with Crippen molar-refractivity contribution in [1.82, 2.24) is 0 Å². The van der Waals surface area contributed by atoms with E-state index >= 15 is 0 Å². The predicted molar refractivity (Wildman–Crippen MR) is 45.0 cm³/mol. The van der Waals surface area contributed by atoms with Crippen LogP contribution in [0.5, 0.6) is 0 Å². The predicted octanol–water partition coefficient (Wildman–Crippen LogP) is 3.47. The van der Waals surface area contributed by atoms with Gasteiger partial charge in [-0.15, -0.1) is 0 Å². The average Bonchev–Trinajstić information content (AvgIpc) is 2.02. The summed E-state index contributed by atoms with van der Waals surface area (Å²) >= 11 is 0. The van der Waals surface area contributed by atoms with Gasteiger partial charge >= 0.3 is 6.18 Å². The van der Waals surface area contributed by atoms with Crippen molar-refractivity contribution in [3.05, 3.63) is 18.3 Å². The number of alkyl halides is 3. The number of halogens is 3. The minimum absolute atomic E-state index is 0.00345. The summed E-state index contributed by atoms with van der Waals surface area (Å²) in [5, 5.41) is 0. The van der Waals surface area contributed by atoms with Gasteiger partial charge in [-0.05, 0) is 12.8 Å². The molecule has 0 saturated heterocycles. The average molecular weight is 195 g/mol. The monoisotopic (exact) mass is 195 g/mol. The van der Waals surface area contributed by atoms with Crippen LogP contribution in [0.3, 0.4) is 0 Å². The zero-order valence-electron chi connectivity index (χ0n) is 7.82. The lowest BCUT2D eigenvalue weighted by atomic mass is 10.2. The number of hydrogen-bond donors (Lipinski definition) is 0. The van der Waals surface area contributed by atoms with Crippen molar-refractivity contribution in [2.24, 2.45) is 0 Å². The molecule has 77 valence electrons. The lowest BCUT2D eigenvalue weighted by Gasteiger charge is -2.09. The Labute approximate surface area is 76.6 Å². The van der Waals surface area contributed by atoms with Crippen LogP contribution in [0.15, 0.2) is 11.6 Å². The van der Waals surface area contributed by atoms with Crippen molar-refractivity contribution in [3.63, 3.8) is 0 Å². The molecule has 0 heterocycles. The molecular weight excluding hydrogens is 181 g/mol. The minimum Gasteiger partial charge on any atom is -0.371 e. The lowest BCUT2D eigenvalue weighted by molar-refractivity contribution is -0.0940. The Morgan fingerprint density at radius 1 is 1.31 bits per heavy atom. The molecular formula is C9H14F3O. The van der Waals surface area contributed by atoms with Gasteiger partial charge in [0, 0.05) is 5.57 Å². The molecule has 0 aliphatic carbocycles. The second kappa shape index (κ2) is 6.02. The zero-order chi connectivity index (χ0) is 10.3. The highest BCUT2D eigenvalue weighted by molar-refractivity contribution is 5.08. The first-order chi connectivity index (χ1) is 6.02. The maximum absolute atomic E-state index is 12.1. The van der Waals surface area contributed by atoms with Gasteiger partial charge in [0.25, 0.3) is 0 Å². The summed E-state index contributed by atoms with van der Waals surface area (Å²) in [6.07, 6.45) is -2.46. The fraction of sp³-hybridized carbons (Fsp3) is 0.667. The van der Waals surface area contributed by atoms with Gasteiger partial charge < -0.3 is 4.74 Å². The Bertz CT molecular complexity index is 161. The molecule has 0 aromatic heterocycles. The first-order valence-corrected chi connectivity index (χ1v) is 4.21. The van der Waals surface area contributed by atoms with E-state index in [2.05, 4.69) is 0 Å².